The van der Waals surface area contributed by atoms with Crippen LogP contribution >= 0.6 is 11.3 Å². The minimum atomic E-state index is -0.927. The molecule has 1 spiro atoms. The molecule has 2 saturated heterocycles. The molecule has 4 heterocycles. The van der Waals surface area contributed by atoms with E-state index in [1.807, 2.05) is 36.4 Å². The standard InChI is InChI=1S/C24H25N5O2S/c1-25-22(30)17-12-15-13-28(14-21-26-19-8-4-5-9-20(19)32-21)10-11-29(15)24(17)16-6-2-3-7-18(16)27-23(24)31/h2-9,15,17H,10-14H2,1H3,(H,25,30)(H,27,31)/t15-,17+,24-/m1/s1. The van der Waals surface area contributed by atoms with Crippen molar-refractivity contribution in [3.63, 3.8) is 0 Å². The maximum atomic E-state index is 13.5. The zero-order valence-electron chi connectivity index (χ0n) is 17.9. The fourth-order valence-corrected chi connectivity index (χ4v) is 6.93. The molecule has 3 aliphatic heterocycles. The molecule has 2 fully saturated rings. The molecule has 3 atom stereocenters. The number of anilines is 1. The van der Waals surface area contributed by atoms with E-state index < -0.39 is 11.5 Å². The summed E-state index contributed by atoms with van der Waals surface area (Å²) >= 11 is 1.74. The highest BCUT2D eigenvalue weighted by molar-refractivity contribution is 7.18. The molecule has 0 aliphatic carbocycles. The molecule has 0 saturated carbocycles. The predicted octanol–water partition coefficient (Wildman–Crippen LogP) is 2.40. The Morgan fingerprint density at radius 3 is 2.88 bits per heavy atom. The van der Waals surface area contributed by atoms with Crippen molar-refractivity contribution >= 4 is 39.1 Å². The first-order valence-corrected chi connectivity index (χ1v) is 11.9. The van der Waals surface area contributed by atoms with E-state index in [9.17, 15) is 9.59 Å². The smallest absolute Gasteiger partial charge is 0.250 e. The monoisotopic (exact) mass is 447 g/mol. The number of carbonyl (C=O) groups excluding carboxylic acids is 2. The largest absolute Gasteiger partial charge is 0.359 e. The van der Waals surface area contributed by atoms with Crippen molar-refractivity contribution in [3.8, 4) is 0 Å². The van der Waals surface area contributed by atoms with Gasteiger partial charge in [-0.25, -0.2) is 4.98 Å². The minimum Gasteiger partial charge on any atom is -0.359 e. The molecule has 0 radical (unpaired) electrons. The third kappa shape index (κ3) is 2.76. The Morgan fingerprint density at radius 2 is 2.03 bits per heavy atom. The van der Waals surface area contributed by atoms with E-state index in [2.05, 4.69) is 32.6 Å². The number of nitrogens with zero attached hydrogens (tertiary/aromatic N) is 3. The highest BCUT2D eigenvalue weighted by Gasteiger charge is 2.65. The van der Waals surface area contributed by atoms with Gasteiger partial charge in [-0.05, 0) is 24.6 Å². The van der Waals surface area contributed by atoms with Crippen LogP contribution in [0.5, 0.6) is 0 Å². The van der Waals surface area contributed by atoms with Gasteiger partial charge in [0.2, 0.25) is 11.8 Å². The minimum absolute atomic E-state index is 0.0658. The van der Waals surface area contributed by atoms with E-state index in [-0.39, 0.29) is 17.9 Å². The van der Waals surface area contributed by atoms with Crippen LogP contribution in [0, 0.1) is 5.92 Å². The van der Waals surface area contributed by atoms with Crippen LogP contribution in [0.4, 0.5) is 5.69 Å². The Morgan fingerprint density at radius 1 is 1.22 bits per heavy atom. The predicted molar refractivity (Wildman–Crippen MR) is 124 cm³/mol. The van der Waals surface area contributed by atoms with Crippen molar-refractivity contribution < 1.29 is 9.59 Å². The van der Waals surface area contributed by atoms with Crippen LogP contribution in [-0.4, -0.2) is 59.3 Å². The first kappa shape index (κ1) is 19.8. The number of piperazine rings is 1. The Kier molecular flexibility index (Phi) is 4.57. The Bertz CT molecular complexity index is 1190. The molecule has 3 aromatic rings. The van der Waals surface area contributed by atoms with E-state index >= 15 is 0 Å². The van der Waals surface area contributed by atoms with E-state index in [1.165, 1.54) is 4.70 Å². The van der Waals surface area contributed by atoms with Gasteiger partial charge in [0.1, 0.15) is 10.5 Å². The van der Waals surface area contributed by atoms with Gasteiger partial charge in [0, 0.05) is 44.0 Å². The molecular weight excluding hydrogens is 422 g/mol. The third-order valence-electron chi connectivity index (χ3n) is 7.22. The number of para-hydroxylation sites is 2. The molecule has 6 rings (SSSR count). The second kappa shape index (κ2) is 7.37. The molecule has 2 amide bonds. The molecule has 0 bridgehead atoms. The van der Waals surface area contributed by atoms with Gasteiger partial charge in [0.05, 0.1) is 22.7 Å². The summed E-state index contributed by atoms with van der Waals surface area (Å²) in [5, 5.41) is 6.98. The summed E-state index contributed by atoms with van der Waals surface area (Å²) in [6.45, 7) is 3.19. The fraction of sp³-hybridized carbons (Fsp3) is 0.375. The number of aromatic nitrogens is 1. The number of hydrogen-bond donors (Lipinski definition) is 2. The first-order chi connectivity index (χ1) is 15.6. The normalized spacial score (nSPS) is 27.5. The molecule has 32 heavy (non-hydrogen) atoms. The summed E-state index contributed by atoms with van der Waals surface area (Å²) < 4.78 is 1.21. The van der Waals surface area contributed by atoms with Crippen LogP contribution in [0.1, 0.15) is 17.0 Å². The SMILES string of the molecule is CNC(=O)[C@@H]1C[C@@H]2CN(Cc3nc4ccccc4s3)CCN2[C@@]12C(=O)Nc1ccccc12. The molecule has 2 aromatic carbocycles. The van der Waals surface area contributed by atoms with Gasteiger partial charge in [0.15, 0.2) is 0 Å². The zero-order valence-corrected chi connectivity index (χ0v) is 18.7. The topological polar surface area (TPSA) is 77.6 Å². The molecule has 1 aromatic heterocycles. The lowest BCUT2D eigenvalue weighted by molar-refractivity contribution is -0.138. The van der Waals surface area contributed by atoms with Crippen LogP contribution in [0.25, 0.3) is 10.2 Å². The second-order valence-electron chi connectivity index (χ2n) is 8.83. The van der Waals surface area contributed by atoms with Crippen molar-refractivity contribution in [1.29, 1.82) is 0 Å². The lowest BCUT2D eigenvalue weighted by Gasteiger charge is -2.44. The number of nitrogens with one attached hydrogen (secondary N) is 2. The summed E-state index contributed by atoms with van der Waals surface area (Å²) in [5.74, 6) is -0.554. The average Bonchev–Trinajstić information content (AvgIpc) is 3.46. The van der Waals surface area contributed by atoms with Crippen LogP contribution in [0.3, 0.4) is 0 Å². The Labute approximate surface area is 190 Å². The number of fused-ring (bicyclic) bond motifs is 5. The average molecular weight is 448 g/mol. The maximum absolute atomic E-state index is 13.5. The molecule has 7 nitrogen and oxygen atoms in total. The van der Waals surface area contributed by atoms with Gasteiger partial charge in [-0.2, -0.15) is 0 Å². The van der Waals surface area contributed by atoms with Gasteiger partial charge in [-0.3, -0.25) is 19.4 Å². The quantitative estimate of drug-likeness (QED) is 0.645. The number of amides is 2. The fourth-order valence-electron chi connectivity index (χ4n) is 5.92. The van der Waals surface area contributed by atoms with Gasteiger partial charge in [0.25, 0.3) is 0 Å². The summed E-state index contributed by atoms with van der Waals surface area (Å²) in [7, 11) is 1.66. The van der Waals surface area contributed by atoms with Gasteiger partial charge in [-0.15, -0.1) is 11.3 Å². The molecule has 0 unspecified atom stereocenters. The number of carbonyl (C=O) groups is 2. The first-order valence-electron chi connectivity index (χ1n) is 11.1. The Hall–Kier alpha value is -2.81. The lowest BCUT2D eigenvalue weighted by Crippen LogP contribution is -2.60. The van der Waals surface area contributed by atoms with Crippen LogP contribution in [0.2, 0.25) is 0 Å². The van der Waals surface area contributed by atoms with E-state index in [0.717, 1.165) is 48.0 Å². The van der Waals surface area contributed by atoms with Crippen LogP contribution < -0.4 is 10.6 Å². The van der Waals surface area contributed by atoms with Crippen molar-refractivity contribution in [2.75, 3.05) is 32.0 Å². The lowest BCUT2D eigenvalue weighted by atomic mass is 9.78. The van der Waals surface area contributed by atoms with E-state index in [1.54, 1.807) is 18.4 Å². The van der Waals surface area contributed by atoms with Crippen molar-refractivity contribution in [3.05, 3.63) is 59.1 Å². The Balaban J connectivity index is 1.31. The molecule has 3 aliphatic rings. The maximum Gasteiger partial charge on any atom is 0.250 e. The highest BCUT2D eigenvalue weighted by atomic mass is 32.1. The molecule has 8 heteroatoms. The van der Waals surface area contributed by atoms with Gasteiger partial charge >= 0.3 is 0 Å². The molecule has 164 valence electrons. The highest BCUT2D eigenvalue weighted by Crippen LogP contribution is 2.53. The molecule has 2 N–H and O–H groups in total. The van der Waals surface area contributed by atoms with Gasteiger partial charge < -0.3 is 10.6 Å². The van der Waals surface area contributed by atoms with Crippen molar-refractivity contribution in [2.45, 2.75) is 24.5 Å². The van der Waals surface area contributed by atoms with Crippen LogP contribution in [-0.2, 0) is 21.7 Å². The molecular formula is C24H25N5O2S. The summed E-state index contributed by atoms with van der Waals surface area (Å²) in [6.07, 6.45) is 0.664. The summed E-state index contributed by atoms with van der Waals surface area (Å²) in [5.41, 5.74) is 1.87. The van der Waals surface area contributed by atoms with E-state index in [0.29, 0.717) is 6.42 Å². The number of hydrogen-bond acceptors (Lipinski definition) is 6. The number of thiazole rings is 1. The van der Waals surface area contributed by atoms with Crippen molar-refractivity contribution in [1.82, 2.24) is 20.1 Å². The number of rotatable bonds is 3. The second-order valence-corrected chi connectivity index (χ2v) is 9.94. The zero-order chi connectivity index (χ0) is 21.9. The van der Waals surface area contributed by atoms with Crippen molar-refractivity contribution in [2.24, 2.45) is 5.92 Å². The van der Waals surface area contributed by atoms with E-state index in [4.69, 9.17) is 4.98 Å². The number of benzene rings is 2. The summed E-state index contributed by atoms with van der Waals surface area (Å²) in [4.78, 5) is 36.0. The van der Waals surface area contributed by atoms with Gasteiger partial charge in [-0.1, -0.05) is 30.3 Å². The van der Waals surface area contributed by atoms with Crippen LogP contribution in [0.15, 0.2) is 48.5 Å². The summed E-state index contributed by atoms with van der Waals surface area (Å²) in [6, 6.07) is 16.2. The third-order valence-corrected chi connectivity index (χ3v) is 8.25.